The average Bonchev–Trinajstić information content (AvgIpc) is 2.65. The van der Waals surface area contributed by atoms with Crippen LogP contribution in [0.1, 0.15) is 24.5 Å². The van der Waals surface area contributed by atoms with Gasteiger partial charge in [-0.15, -0.1) is 0 Å². The SMILES string of the molecule is CC1(C(=O)NCc2ccc(Cl)cc2)CCN1C(=O)Oc1ccc(C(F)(F)F)cc1. The van der Waals surface area contributed by atoms with E-state index in [0.717, 1.165) is 29.8 Å². The second kappa shape index (κ2) is 7.94. The van der Waals surface area contributed by atoms with E-state index >= 15 is 0 Å². The van der Waals surface area contributed by atoms with Gasteiger partial charge in [-0.25, -0.2) is 4.79 Å². The van der Waals surface area contributed by atoms with Crippen molar-refractivity contribution >= 4 is 23.6 Å². The zero-order valence-electron chi connectivity index (χ0n) is 15.4. The van der Waals surface area contributed by atoms with E-state index in [1.54, 1.807) is 31.2 Å². The van der Waals surface area contributed by atoms with Crippen LogP contribution in [0.25, 0.3) is 0 Å². The van der Waals surface area contributed by atoms with Crippen molar-refractivity contribution in [3.63, 3.8) is 0 Å². The molecule has 0 aromatic heterocycles. The second-order valence-corrected chi connectivity index (χ2v) is 7.31. The van der Waals surface area contributed by atoms with Gasteiger partial charge in [-0.2, -0.15) is 13.2 Å². The predicted molar refractivity (Wildman–Crippen MR) is 100 cm³/mol. The number of alkyl halides is 3. The van der Waals surface area contributed by atoms with E-state index in [1.807, 2.05) is 0 Å². The molecule has 1 atom stereocenters. The average molecular weight is 427 g/mol. The number of hydrogen-bond donors (Lipinski definition) is 1. The van der Waals surface area contributed by atoms with Gasteiger partial charge < -0.3 is 10.1 Å². The van der Waals surface area contributed by atoms with Gasteiger partial charge in [0.1, 0.15) is 11.3 Å². The Bertz CT molecular complexity index is 901. The minimum Gasteiger partial charge on any atom is -0.410 e. The van der Waals surface area contributed by atoms with Crippen molar-refractivity contribution < 1.29 is 27.5 Å². The maximum absolute atomic E-state index is 12.6. The molecule has 1 aliphatic rings. The zero-order chi connectivity index (χ0) is 21.2. The summed E-state index contributed by atoms with van der Waals surface area (Å²) >= 11 is 5.83. The fourth-order valence-corrected chi connectivity index (χ4v) is 3.06. The predicted octanol–water partition coefficient (Wildman–Crippen LogP) is 4.64. The third kappa shape index (κ3) is 4.64. The lowest BCUT2D eigenvalue weighted by Gasteiger charge is -2.47. The molecule has 0 radical (unpaired) electrons. The van der Waals surface area contributed by atoms with Crippen molar-refractivity contribution in [1.82, 2.24) is 10.2 Å². The third-order valence-electron chi connectivity index (χ3n) is 4.88. The summed E-state index contributed by atoms with van der Waals surface area (Å²) in [4.78, 5) is 26.2. The minimum atomic E-state index is -4.47. The first kappa shape index (κ1) is 21.0. The number of likely N-dealkylation sites (tertiary alicyclic amines) is 1. The van der Waals surface area contributed by atoms with Crippen molar-refractivity contribution in [3.05, 3.63) is 64.7 Å². The highest BCUT2D eigenvalue weighted by atomic mass is 35.5. The first-order valence-electron chi connectivity index (χ1n) is 8.79. The normalized spacial score (nSPS) is 18.7. The van der Waals surface area contributed by atoms with Gasteiger partial charge >= 0.3 is 12.3 Å². The number of hydrogen-bond acceptors (Lipinski definition) is 3. The van der Waals surface area contributed by atoms with Gasteiger partial charge in [0, 0.05) is 18.1 Å². The van der Waals surface area contributed by atoms with E-state index in [4.69, 9.17) is 16.3 Å². The first-order chi connectivity index (χ1) is 13.6. The van der Waals surface area contributed by atoms with E-state index in [9.17, 15) is 22.8 Å². The van der Waals surface area contributed by atoms with Gasteiger partial charge in [-0.05, 0) is 55.3 Å². The number of carbonyl (C=O) groups is 2. The number of amides is 2. The summed E-state index contributed by atoms with van der Waals surface area (Å²) in [5.74, 6) is -0.373. The molecule has 1 heterocycles. The number of nitrogens with one attached hydrogen (secondary N) is 1. The molecule has 1 saturated heterocycles. The molecule has 2 aromatic carbocycles. The van der Waals surface area contributed by atoms with Crippen LogP contribution in [0.15, 0.2) is 48.5 Å². The molecule has 154 valence electrons. The van der Waals surface area contributed by atoms with Crippen molar-refractivity contribution in [2.75, 3.05) is 6.54 Å². The van der Waals surface area contributed by atoms with Gasteiger partial charge in [0.05, 0.1) is 5.56 Å². The van der Waals surface area contributed by atoms with Crippen molar-refractivity contribution in [2.45, 2.75) is 31.6 Å². The maximum Gasteiger partial charge on any atom is 0.416 e. The number of rotatable bonds is 4. The van der Waals surface area contributed by atoms with Gasteiger partial charge in [0.2, 0.25) is 5.91 Å². The summed E-state index contributed by atoms with van der Waals surface area (Å²) in [5, 5.41) is 3.36. The second-order valence-electron chi connectivity index (χ2n) is 6.87. The summed E-state index contributed by atoms with van der Waals surface area (Å²) in [7, 11) is 0. The minimum absolute atomic E-state index is 0.0289. The summed E-state index contributed by atoms with van der Waals surface area (Å²) in [6.07, 6.45) is -4.82. The summed E-state index contributed by atoms with van der Waals surface area (Å²) in [6.45, 7) is 2.19. The van der Waals surface area contributed by atoms with Crippen LogP contribution in [0.3, 0.4) is 0 Å². The number of ether oxygens (including phenoxy) is 1. The van der Waals surface area contributed by atoms with Crippen LogP contribution in [0, 0.1) is 0 Å². The fourth-order valence-electron chi connectivity index (χ4n) is 2.93. The molecule has 2 aromatic rings. The molecule has 0 aliphatic carbocycles. The molecule has 0 saturated carbocycles. The summed E-state index contributed by atoms with van der Waals surface area (Å²) < 4.78 is 43.0. The molecule has 1 unspecified atom stereocenters. The topological polar surface area (TPSA) is 58.6 Å². The largest absolute Gasteiger partial charge is 0.416 e. The molecule has 1 fully saturated rings. The van der Waals surface area contributed by atoms with Crippen molar-refractivity contribution in [1.29, 1.82) is 0 Å². The summed E-state index contributed by atoms with van der Waals surface area (Å²) in [6, 6.07) is 10.8. The molecule has 1 N–H and O–H groups in total. The van der Waals surface area contributed by atoms with Gasteiger partial charge in [-0.3, -0.25) is 9.69 Å². The standard InChI is InChI=1S/C20H18ClF3N2O3/c1-19(17(27)25-12-13-2-6-15(21)7-3-13)10-11-26(19)18(28)29-16-8-4-14(5-9-16)20(22,23)24/h2-9H,10-12H2,1H3,(H,25,27). The Hall–Kier alpha value is -2.74. The van der Waals surface area contributed by atoms with E-state index in [1.165, 1.54) is 4.90 Å². The molecule has 0 bridgehead atoms. The van der Waals surface area contributed by atoms with Crippen LogP contribution in [-0.4, -0.2) is 29.0 Å². The van der Waals surface area contributed by atoms with Crippen LogP contribution in [0.2, 0.25) is 5.02 Å². The highest BCUT2D eigenvalue weighted by Crippen LogP contribution is 2.33. The molecular weight excluding hydrogens is 409 g/mol. The van der Waals surface area contributed by atoms with E-state index in [2.05, 4.69) is 5.32 Å². The summed E-state index contributed by atoms with van der Waals surface area (Å²) in [5.41, 5.74) is -1.08. The van der Waals surface area contributed by atoms with Gasteiger partial charge in [-0.1, -0.05) is 23.7 Å². The Morgan fingerprint density at radius 1 is 1.14 bits per heavy atom. The van der Waals surface area contributed by atoms with E-state index < -0.39 is 23.4 Å². The van der Waals surface area contributed by atoms with E-state index in [0.29, 0.717) is 18.0 Å². The molecule has 3 rings (SSSR count). The first-order valence-corrected chi connectivity index (χ1v) is 9.17. The fraction of sp³-hybridized carbons (Fsp3) is 0.300. The van der Waals surface area contributed by atoms with Crippen LogP contribution >= 0.6 is 11.6 Å². The lowest BCUT2D eigenvalue weighted by atomic mass is 9.86. The number of carbonyl (C=O) groups excluding carboxylic acids is 2. The monoisotopic (exact) mass is 426 g/mol. The molecule has 5 nitrogen and oxygen atoms in total. The maximum atomic E-state index is 12.6. The zero-order valence-corrected chi connectivity index (χ0v) is 16.2. The van der Waals surface area contributed by atoms with Crippen LogP contribution in [0.4, 0.5) is 18.0 Å². The molecule has 9 heteroatoms. The molecule has 2 amide bonds. The van der Waals surface area contributed by atoms with E-state index in [-0.39, 0.29) is 18.2 Å². The smallest absolute Gasteiger partial charge is 0.410 e. The van der Waals surface area contributed by atoms with Crippen LogP contribution < -0.4 is 10.1 Å². The molecule has 0 spiro atoms. The Labute approximate surface area is 170 Å². The van der Waals surface area contributed by atoms with Crippen LogP contribution in [0.5, 0.6) is 5.75 Å². The van der Waals surface area contributed by atoms with Crippen molar-refractivity contribution in [3.8, 4) is 5.75 Å². The highest BCUT2D eigenvalue weighted by molar-refractivity contribution is 6.30. The Kier molecular flexibility index (Phi) is 5.75. The lowest BCUT2D eigenvalue weighted by Crippen LogP contribution is -2.67. The third-order valence-corrected chi connectivity index (χ3v) is 5.13. The number of nitrogens with zero attached hydrogens (tertiary/aromatic N) is 1. The molecule has 29 heavy (non-hydrogen) atoms. The van der Waals surface area contributed by atoms with Gasteiger partial charge in [0.15, 0.2) is 0 Å². The highest BCUT2D eigenvalue weighted by Gasteiger charge is 2.50. The van der Waals surface area contributed by atoms with Crippen molar-refractivity contribution in [2.24, 2.45) is 0 Å². The molecular formula is C20H18ClF3N2O3. The lowest BCUT2D eigenvalue weighted by molar-refractivity contribution is -0.138. The Morgan fingerprint density at radius 2 is 1.76 bits per heavy atom. The number of benzene rings is 2. The van der Waals surface area contributed by atoms with Crippen LogP contribution in [-0.2, 0) is 17.5 Å². The van der Waals surface area contributed by atoms with Gasteiger partial charge in [0.25, 0.3) is 0 Å². The molecule has 1 aliphatic heterocycles. The Balaban J connectivity index is 1.59. The quantitative estimate of drug-likeness (QED) is 0.775. The number of halogens is 4. The Morgan fingerprint density at radius 3 is 2.28 bits per heavy atom.